The molecule has 1 aromatic heterocycles. The van der Waals surface area contributed by atoms with Gasteiger partial charge in [-0.3, -0.25) is 4.79 Å². The van der Waals surface area contributed by atoms with Crippen LogP contribution in [0.3, 0.4) is 0 Å². The normalized spacial score (nSPS) is 27.7. The third kappa shape index (κ3) is 3.13. The minimum atomic E-state index is 0.0937. The summed E-state index contributed by atoms with van der Waals surface area (Å²) in [5.74, 6) is 1.02. The zero-order chi connectivity index (χ0) is 16.4. The second kappa shape index (κ2) is 7.07. The lowest BCUT2D eigenvalue weighted by molar-refractivity contribution is -0.0752. The third-order valence-corrected chi connectivity index (χ3v) is 5.32. The Morgan fingerprint density at radius 1 is 1.08 bits per heavy atom. The maximum atomic E-state index is 12.9. The Hall–Kier alpha value is -1.66. The summed E-state index contributed by atoms with van der Waals surface area (Å²) in [7, 11) is 0. The van der Waals surface area contributed by atoms with Crippen molar-refractivity contribution < 1.29 is 14.3 Å². The van der Waals surface area contributed by atoms with Gasteiger partial charge in [0.1, 0.15) is 5.82 Å². The Labute approximate surface area is 142 Å². The lowest BCUT2D eigenvalue weighted by Gasteiger charge is -2.43. The van der Waals surface area contributed by atoms with E-state index in [1.54, 1.807) is 6.20 Å². The molecular weight excluding hydrogens is 306 g/mol. The van der Waals surface area contributed by atoms with Crippen LogP contribution in [0.25, 0.3) is 0 Å². The van der Waals surface area contributed by atoms with Crippen molar-refractivity contribution in [2.45, 2.75) is 37.8 Å². The van der Waals surface area contributed by atoms with Crippen molar-refractivity contribution in [3.63, 3.8) is 0 Å². The molecule has 1 amide bonds. The van der Waals surface area contributed by atoms with Gasteiger partial charge in [-0.15, -0.1) is 0 Å². The van der Waals surface area contributed by atoms with E-state index in [4.69, 9.17) is 9.47 Å². The largest absolute Gasteiger partial charge is 0.378 e. The average Bonchev–Trinajstić information content (AvgIpc) is 2.68. The second-order valence-corrected chi connectivity index (χ2v) is 6.76. The number of carbonyl (C=O) groups excluding carboxylic acids is 1. The first-order valence-electron chi connectivity index (χ1n) is 9.04. The van der Waals surface area contributed by atoms with Crippen LogP contribution in [0.1, 0.15) is 36.0 Å². The van der Waals surface area contributed by atoms with Crippen molar-refractivity contribution in [2.24, 2.45) is 0 Å². The highest BCUT2D eigenvalue weighted by atomic mass is 16.5. The molecule has 2 saturated heterocycles. The van der Waals surface area contributed by atoms with E-state index >= 15 is 0 Å². The maximum absolute atomic E-state index is 12.9. The number of rotatable bonds is 2. The zero-order valence-electron chi connectivity index (χ0n) is 14.0. The van der Waals surface area contributed by atoms with E-state index in [0.29, 0.717) is 18.7 Å². The fraction of sp³-hybridized carbons (Fsp3) is 0.667. The summed E-state index contributed by atoms with van der Waals surface area (Å²) >= 11 is 0. The molecule has 3 heterocycles. The van der Waals surface area contributed by atoms with Gasteiger partial charge in [0, 0.05) is 25.8 Å². The van der Waals surface area contributed by atoms with E-state index in [1.807, 2.05) is 17.0 Å². The average molecular weight is 331 g/mol. The van der Waals surface area contributed by atoms with Gasteiger partial charge in [0.15, 0.2) is 0 Å². The predicted molar refractivity (Wildman–Crippen MR) is 90.3 cm³/mol. The van der Waals surface area contributed by atoms with Crippen LogP contribution < -0.4 is 4.90 Å². The number of hydrogen-bond acceptors (Lipinski definition) is 5. The van der Waals surface area contributed by atoms with Gasteiger partial charge in [0.05, 0.1) is 37.5 Å². The number of carbonyl (C=O) groups is 1. The molecule has 1 saturated carbocycles. The standard InChI is InChI=1S/C18H25N3O3/c22-18(21-9-12-24-16-4-2-1-3-15(16)21)14-5-6-17(19-13-14)20-7-10-23-11-8-20/h5-6,13,15-16H,1-4,7-12H2/t15-,16+/m1/s1. The van der Waals surface area contributed by atoms with Crippen LogP contribution in [0, 0.1) is 0 Å². The van der Waals surface area contributed by atoms with Crippen molar-refractivity contribution in [3.05, 3.63) is 23.9 Å². The van der Waals surface area contributed by atoms with Crippen molar-refractivity contribution in [3.8, 4) is 0 Å². The smallest absolute Gasteiger partial charge is 0.255 e. The quantitative estimate of drug-likeness (QED) is 0.826. The fourth-order valence-corrected chi connectivity index (χ4v) is 4.01. The van der Waals surface area contributed by atoms with Crippen molar-refractivity contribution in [1.29, 1.82) is 0 Å². The molecule has 130 valence electrons. The van der Waals surface area contributed by atoms with Crippen LogP contribution in [0.5, 0.6) is 0 Å². The topological polar surface area (TPSA) is 54.9 Å². The van der Waals surface area contributed by atoms with Crippen LogP contribution in [0.4, 0.5) is 5.82 Å². The van der Waals surface area contributed by atoms with E-state index in [0.717, 1.165) is 45.0 Å². The highest BCUT2D eigenvalue weighted by Gasteiger charge is 2.37. The van der Waals surface area contributed by atoms with Gasteiger partial charge >= 0.3 is 0 Å². The van der Waals surface area contributed by atoms with E-state index < -0.39 is 0 Å². The van der Waals surface area contributed by atoms with Crippen LogP contribution >= 0.6 is 0 Å². The van der Waals surface area contributed by atoms with Crippen LogP contribution in [0.2, 0.25) is 0 Å². The van der Waals surface area contributed by atoms with Crippen molar-refractivity contribution >= 4 is 11.7 Å². The number of amides is 1. The third-order valence-electron chi connectivity index (χ3n) is 5.32. The number of anilines is 1. The number of ether oxygens (including phenoxy) is 2. The first-order chi connectivity index (χ1) is 11.8. The maximum Gasteiger partial charge on any atom is 0.255 e. The predicted octanol–water partition coefficient (Wildman–Crippen LogP) is 1.70. The van der Waals surface area contributed by atoms with Crippen LogP contribution in [-0.4, -0.2) is 67.4 Å². The number of nitrogens with zero attached hydrogens (tertiary/aromatic N) is 3. The first-order valence-corrected chi connectivity index (χ1v) is 9.04. The van der Waals surface area contributed by atoms with E-state index in [9.17, 15) is 4.79 Å². The van der Waals surface area contributed by atoms with Gasteiger partial charge in [-0.05, 0) is 25.0 Å². The van der Waals surface area contributed by atoms with Crippen molar-refractivity contribution in [2.75, 3.05) is 44.4 Å². The highest BCUT2D eigenvalue weighted by Crippen LogP contribution is 2.29. The zero-order valence-corrected chi connectivity index (χ0v) is 14.0. The highest BCUT2D eigenvalue weighted by molar-refractivity contribution is 5.94. The summed E-state index contributed by atoms with van der Waals surface area (Å²) in [6.45, 7) is 4.51. The Bertz CT molecular complexity index is 569. The lowest BCUT2D eigenvalue weighted by atomic mass is 9.90. The molecule has 0 unspecified atom stereocenters. The minimum Gasteiger partial charge on any atom is -0.378 e. The SMILES string of the molecule is O=C(c1ccc(N2CCOCC2)nc1)N1CCO[C@H]2CCCC[C@H]21. The molecule has 4 rings (SSSR count). The molecule has 1 aliphatic carbocycles. The van der Waals surface area contributed by atoms with E-state index in [1.165, 1.54) is 12.8 Å². The summed E-state index contributed by atoms with van der Waals surface area (Å²) in [6, 6.07) is 4.10. The number of aromatic nitrogens is 1. The van der Waals surface area contributed by atoms with Gasteiger partial charge < -0.3 is 19.3 Å². The van der Waals surface area contributed by atoms with Gasteiger partial charge in [0.2, 0.25) is 0 Å². The monoisotopic (exact) mass is 331 g/mol. The van der Waals surface area contributed by atoms with Crippen LogP contribution in [0.15, 0.2) is 18.3 Å². The molecule has 6 nitrogen and oxygen atoms in total. The van der Waals surface area contributed by atoms with Crippen molar-refractivity contribution in [1.82, 2.24) is 9.88 Å². The Morgan fingerprint density at radius 3 is 2.71 bits per heavy atom. The van der Waals surface area contributed by atoms with Crippen LogP contribution in [-0.2, 0) is 9.47 Å². The summed E-state index contributed by atoms with van der Waals surface area (Å²) < 4.78 is 11.2. The lowest BCUT2D eigenvalue weighted by Crippen LogP contribution is -2.54. The molecule has 0 N–H and O–H groups in total. The number of morpholine rings is 2. The molecule has 3 aliphatic rings. The van der Waals surface area contributed by atoms with Gasteiger partial charge in [-0.1, -0.05) is 12.8 Å². The second-order valence-electron chi connectivity index (χ2n) is 6.76. The van der Waals surface area contributed by atoms with E-state index in [2.05, 4.69) is 9.88 Å². The summed E-state index contributed by atoms with van der Waals surface area (Å²) in [4.78, 5) is 21.7. The Kier molecular flexibility index (Phi) is 4.67. The molecule has 0 spiro atoms. The van der Waals surface area contributed by atoms with Gasteiger partial charge in [-0.2, -0.15) is 0 Å². The molecule has 6 heteroatoms. The molecule has 0 radical (unpaired) electrons. The summed E-state index contributed by atoms with van der Waals surface area (Å²) in [5.41, 5.74) is 0.679. The Balaban J connectivity index is 1.47. The molecule has 0 aromatic carbocycles. The number of hydrogen-bond donors (Lipinski definition) is 0. The first kappa shape index (κ1) is 15.8. The molecular formula is C18H25N3O3. The molecule has 3 fully saturated rings. The molecule has 2 aliphatic heterocycles. The van der Waals surface area contributed by atoms with E-state index in [-0.39, 0.29) is 18.1 Å². The van der Waals surface area contributed by atoms with Gasteiger partial charge in [-0.25, -0.2) is 4.98 Å². The summed E-state index contributed by atoms with van der Waals surface area (Å²) in [5, 5.41) is 0. The van der Waals surface area contributed by atoms with Gasteiger partial charge in [0.25, 0.3) is 5.91 Å². The molecule has 0 bridgehead atoms. The minimum absolute atomic E-state index is 0.0937. The number of pyridine rings is 1. The molecule has 2 atom stereocenters. The number of fused-ring (bicyclic) bond motifs is 1. The molecule has 1 aromatic rings. The fourth-order valence-electron chi connectivity index (χ4n) is 4.01. The summed E-state index contributed by atoms with van der Waals surface area (Å²) in [6.07, 6.45) is 6.46. The molecule has 24 heavy (non-hydrogen) atoms. The Morgan fingerprint density at radius 2 is 1.92 bits per heavy atom.